The van der Waals surface area contributed by atoms with Gasteiger partial charge in [0.2, 0.25) is 0 Å². The van der Waals surface area contributed by atoms with Crippen LogP contribution in [0.5, 0.6) is 0 Å². The van der Waals surface area contributed by atoms with E-state index in [1.54, 1.807) is 10.9 Å². The molecule has 0 aliphatic carbocycles. The summed E-state index contributed by atoms with van der Waals surface area (Å²) in [5, 5.41) is 13.4. The summed E-state index contributed by atoms with van der Waals surface area (Å²) >= 11 is 0. The first-order valence-corrected chi connectivity index (χ1v) is 8.28. The van der Waals surface area contributed by atoms with Crippen molar-refractivity contribution in [1.29, 1.82) is 0 Å². The molecule has 0 amide bonds. The van der Waals surface area contributed by atoms with Gasteiger partial charge in [0, 0.05) is 11.3 Å². The third-order valence-corrected chi connectivity index (χ3v) is 4.40. The van der Waals surface area contributed by atoms with Gasteiger partial charge >= 0.3 is 6.18 Å². The van der Waals surface area contributed by atoms with Crippen LogP contribution in [0, 0.1) is 6.92 Å². The van der Waals surface area contributed by atoms with Gasteiger partial charge in [-0.15, -0.1) is 0 Å². The number of rotatable bonds is 5. The summed E-state index contributed by atoms with van der Waals surface area (Å²) in [6, 6.07) is 13.0. The number of alkyl halides is 3. The number of aliphatic hydroxyl groups excluding tert-OH is 1. The fraction of sp³-hybridized carbons (Fsp3) is 0.250. The van der Waals surface area contributed by atoms with E-state index >= 15 is 0 Å². The summed E-state index contributed by atoms with van der Waals surface area (Å²) in [6.07, 6.45) is -2.04. The van der Waals surface area contributed by atoms with Crippen molar-refractivity contribution in [3.05, 3.63) is 77.1 Å². The van der Waals surface area contributed by atoms with E-state index < -0.39 is 11.7 Å². The van der Waals surface area contributed by atoms with Gasteiger partial charge in [-0.3, -0.25) is 4.68 Å². The number of halogens is 3. The average molecular weight is 360 g/mol. The molecule has 0 atom stereocenters. The summed E-state index contributed by atoms with van der Waals surface area (Å²) in [5.74, 6) is 0. The number of aliphatic hydroxyl groups is 1. The molecule has 0 aliphatic rings. The molecule has 6 heteroatoms. The van der Waals surface area contributed by atoms with Crippen LogP contribution in [0.25, 0.3) is 11.1 Å². The standard InChI is InChI=1S/C20H19F3N2O/c1-14-19(13-24-25(14)10-11-26)18-5-3-2-4-16(18)12-15-6-8-17(9-7-15)20(21,22)23/h2-9,13,26H,10-12H2,1H3. The van der Waals surface area contributed by atoms with Gasteiger partial charge in [0.1, 0.15) is 0 Å². The van der Waals surface area contributed by atoms with E-state index in [4.69, 9.17) is 5.11 Å². The Bertz CT molecular complexity index is 883. The lowest BCUT2D eigenvalue weighted by molar-refractivity contribution is -0.137. The molecular weight excluding hydrogens is 341 g/mol. The Balaban J connectivity index is 1.91. The smallest absolute Gasteiger partial charge is 0.394 e. The third-order valence-electron chi connectivity index (χ3n) is 4.40. The van der Waals surface area contributed by atoms with E-state index in [0.29, 0.717) is 13.0 Å². The van der Waals surface area contributed by atoms with Crippen LogP contribution in [-0.4, -0.2) is 21.5 Å². The molecule has 1 heterocycles. The predicted octanol–water partition coefficient (Wildman–Crippen LogP) is 4.46. The minimum Gasteiger partial charge on any atom is -0.394 e. The second kappa shape index (κ2) is 7.33. The zero-order valence-corrected chi connectivity index (χ0v) is 14.3. The van der Waals surface area contributed by atoms with Crippen molar-refractivity contribution in [2.75, 3.05) is 6.61 Å². The first-order valence-electron chi connectivity index (χ1n) is 8.28. The van der Waals surface area contributed by atoms with E-state index in [1.165, 1.54) is 12.1 Å². The number of hydrogen-bond acceptors (Lipinski definition) is 2. The van der Waals surface area contributed by atoms with Crippen molar-refractivity contribution < 1.29 is 18.3 Å². The number of benzene rings is 2. The molecule has 26 heavy (non-hydrogen) atoms. The highest BCUT2D eigenvalue weighted by molar-refractivity contribution is 5.69. The van der Waals surface area contributed by atoms with Gasteiger partial charge in [0.05, 0.1) is 24.9 Å². The summed E-state index contributed by atoms with van der Waals surface area (Å²) in [4.78, 5) is 0. The van der Waals surface area contributed by atoms with Gasteiger partial charge in [0.15, 0.2) is 0 Å². The third kappa shape index (κ3) is 3.80. The number of nitrogens with zero attached hydrogens (tertiary/aromatic N) is 2. The zero-order chi connectivity index (χ0) is 18.7. The molecule has 1 N–H and O–H groups in total. The topological polar surface area (TPSA) is 38.0 Å². The summed E-state index contributed by atoms with van der Waals surface area (Å²) in [7, 11) is 0. The van der Waals surface area contributed by atoms with Gasteiger partial charge in [-0.1, -0.05) is 36.4 Å². The number of aromatic nitrogens is 2. The fourth-order valence-corrected chi connectivity index (χ4v) is 3.00. The maximum Gasteiger partial charge on any atom is 0.416 e. The average Bonchev–Trinajstić information content (AvgIpc) is 2.96. The molecule has 0 spiro atoms. The highest BCUT2D eigenvalue weighted by Gasteiger charge is 2.29. The van der Waals surface area contributed by atoms with Crippen LogP contribution in [0.2, 0.25) is 0 Å². The Morgan fingerprint density at radius 1 is 1.00 bits per heavy atom. The molecule has 1 aromatic heterocycles. The van der Waals surface area contributed by atoms with E-state index in [0.717, 1.165) is 40.1 Å². The Morgan fingerprint density at radius 2 is 1.69 bits per heavy atom. The molecule has 3 aromatic rings. The van der Waals surface area contributed by atoms with Crippen molar-refractivity contribution in [3.63, 3.8) is 0 Å². The van der Waals surface area contributed by atoms with Crippen LogP contribution in [-0.2, 0) is 19.1 Å². The Morgan fingerprint density at radius 3 is 2.35 bits per heavy atom. The Kier molecular flexibility index (Phi) is 5.13. The molecule has 0 bridgehead atoms. The Hall–Kier alpha value is -2.60. The maximum absolute atomic E-state index is 12.7. The molecule has 0 unspecified atom stereocenters. The SMILES string of the molecule is Cc1c(-c2ccccc2Cc2ccc(C(F)(F)F)cc2)cnn1CCO. The van der Waals surface area contributed by atoms with Crippen molar-refractivity contribution in [2.24, 2.45) is 0 Å². The minimum absolute atomic E-state index is 0.00909. The van der Waals surface area contributed by atoms with Crippen molar-refractivity contribution in [2.45, 2.75) is 26.1 Å². The van der Waals surface area contributed by atoms with Crippen molar-refractivity contribution in [3.8, 4) is 11.1 Å². The highest BCUT2D eigenvalue weighted by Crippen LogP contribution is 2.31. The Labute approximate surface area is 149 Å². The van der Waals surface area contributed by atoms with Crippen molar-refractivity contribution in [1.82, 2.24) is 9.78 Å². The first-order chi connectivity index (χ1) is 12.4. The van der Waals surface area contributed by atoms with E-state index in [1.807, 2.05) is 31.2 Å². The zero-order valence-electron chi connectivity index (χ0n) is 14.3. The molecule has 0 aliphatic heterocycles. The van der Waals surface area contributed by atoms with Gasteiger partial charge < -0.3 is 5.11 Å². The molecule has 136 valence electrons. The predicted molar refractivity (Wildman–Crippen MR) is 93.7 cm³/mol. The van der Waals surface area contributed by atoms with Crippen molar-refractivity contribution >= 4 is 0 Å². The quantitative estimate of drug-likeness (QED) is 0.729. The molecule has 0 radical (unpaired) electrons. The molecule has 0 fully saturated rings. The van der Waals surface area contributed by atoms with Crippen LogP contribution in [0.15, 0.2) is 54.7 Å². The molecule has 0 saturated carbocycles. The molecule has 3 rings (SSSR count). The lowest BCUT2D eigenvalue weighted by atomic mass is 9.95. The van der Waals surface area contributed by atoms with E-state index in [2.05, 4.69) is 5.10 Å². The van der Waals surface area contributed by atoms with E-state index in [9.17, 15) is 13.2 Å². The summed E-state index contributed by atoms with van der Waals surface area (Å²) in [6.45, 7) is 2.37. The van der Waals surface area contributed by atoms with Crippen LogP contribution in [0.3, 0.4) is 0 Å². The second-order valence-corrected chi connectivity index (χ2v) is 6.12. The van der Waals surface area contributed by atoms with Crippen LogP contribution in [0.4, 0.5) is 13.2 Å². The van der Waals surface area contributed by atoms with Crippen LogP contribution < -0.4 is 0 Å². The number of hydrogen-bond donors (Lipinski definition) is 1. The van der Waals surface area contributed by atoms with Crippen LogP contribution >= 0.6 is 0 Å². The highest BCUT2D eigenvalue weighted by atomic mass is 19.4. The lowest BCUT2D eigenvalue weighted by Crippen LogP contribution is -2.05. The van der Waals surface area contributed by atoms with E-state index in [-0.39, 0.29) is 6.61 Å². The normalized spacial score (nSPS) is 11.7. The molecule has 2 aromatic carbocycles. The molecule has 0 saturated heterocycles. The monoisotopic (exact) mass is 360 g/mol. The lowest BCUT2D eigenvalue weighted by Gasteiger charge is -2.11. The second-order valence-electron chi connectivity index (χ2n) is 6.12. The summed E-state index contributed by atoms with van der Waals surface area (Å²) in [5.41, 5.74) is 4.08. The summed E-state index contributed by atoms with van der Waals surface area (Å²) < 4.78 is 39.9. The molecular formula is C20H19F3N2O. The van der Waals surface area contributed by atoms with Gasteiger partial charge in [-0.05, 0) is 42.2 Å². The molecule has 3 nitrogen and oxygen atoms in total. The minimum atomic E-state index is -4.32. The largest absolute Gasteiger partial charge is 0.416 e. The van der Waals surface area contributed by atoms with Gasteiger partial charge in [-0.2, -0.15) is 18.3 Å². The van der Waals surface area contributed by atoms with Gasteiger partial charge in [0.25, 0.3) is 0 Å². The van der Waals surface area contributed by atoms with Gasteiger partial charge in [-0.25, -0.2) is 0 Å². The maximum atomic E-state index is 12.7. The fourth-order valence-electron chi connectivity index (χ4n) is 3.00. The van der Waals surface area contributed by atoms with Crippen LogP contribution in [0.1, 0.15) is 22.4 Å². The first kappa shape index (κ1) is 18.2.